The molecular formula is C23H30BrN3O4S. The number of nitrogens with zero attached hydrogens (tertiary/aromatic N) is 2. The van der Waals surface area contributed by atoms with Gasteiger partial charge in [-0.3, -0.25) is 13.9 Å². The largest absolute Gasteiger partial charge is 0.355 e. The van der Waals surface area contributed by atoms with Crippen LogP contribution in [0.2, 0.25) is 0 Å². The standard InChI is InChI=1S/C23H30BrN3O4S/c1-5-25-23(29)18(3)26(14-13-19-9-7-6-8-10-19)22(28)16-27(32(4,30)31)20-11-12-21(24)17(2)15-20/h6-12,15,18H,5,13-14,16H2,1-4H3,(H,25,29)/t18-/m1/s1. The number of carbonyl (C=O) groups is 2. The van der Waals surface area contributed by atoms with Crippen LogP contribution in [0.25, 0.3) is 0 Å². The predicted molar refractivity (Wildman–Crippen MR) is 131 cm³/mol. The van der Waals surface area contributed by atoms with Gasteiger partial charge in [-0.15, -0.1) is 0 Å². The van der Waals surface area contributed by atoms with Crippen molar-refractivity contribution in [2.75, 3.05) is 30.2 Å². The lowest BCUT2D eigenvalue weighted by Crippen LogP contribution is -2.52. The summed E-state index contributed by atoms with van der Waals surface area (Å²) in [5, 5.41) is 2.74. The summed E-state index contributed by atoms with van der Waals surface area (Å²) >= 11 is 3.41. The van der Waals surface area contributed by atoms with Crippen molar-refractivity contribution in [3.63, 3.8) is 0 Å². The van der Waals surface area contributed by atoms with Gasteiger partial charge in [0.05, 0.1) is 11.9 Å². The van der Waals surface area contributed by atoms with Gasteiger partial charge in [-0.05, 0) is 56.5 Å². The first-order chi connectivity index (χ1) is 15.0. The van der Waals surface area contributed by atoms with Crippen LogP contribution in [0, 0.1) is 6.92 Å². The lowest BCUT2D eigenvalue weighted by atomic mass is 10.1. The van der Waals surface area contributed by atoms with Gasteiger partial charge in [-0.25, -0.2) is 8.42 Å². The fraction of sp³-hybridized carbons (Fsp3) is 0.391. The van der Waals surface area contributed by atoms with E-state index in [0.29, 0.717) is 18.7 Å². The van der Waals surface area contributed by atoms with Gasteiger partial charge in [0, 0.05) is 17.6 Å². The molecule has 0 aromatic heterocycles. The number of aryl methyl sites for hydroxylation is 1. The van der Waals surface area contributed by atoms with E-state index in [2.05, 4.69) is 21.2 Å². The maximum absolute atomic E-state index is 13.3. The molecule has 0 aliphatic carbocycles. The molecule has 1 N–H and O–H groups in total. The highest BCUT2D eigenvalue weighted by Crippen LogP contribution is 2.25. The van der Waals surface area contributed by atoms with Crippen LogP contribution in [0.15, 0.2) is 53.0 Å². The van der Waals surface area contributed by atoms with Crippen molar-refractivity contribution in [3.8, 4) is 0 Å². The number of anilines is 1. The molecule has 0 radical (unpaired) electrons. The first-order valence-corrected chi connectivity index (χ1v) is 13.0. The maximum Gasteiger partial charge on any atom is 0.244 e. The fourth-order valence-corrected chi connectivity index (χ4v) is 4.38. The van der Waals surface area contributed by atoms with Crippen LogP contribution in [0.3, 0.4) is 0 Å². The topological polar surface area (TPSA) is 86.8 Å². The van der Waals surface area contributed by atoms with E-state index in [0.717, 1.165) is 26.2 Å². The molecule has 0 aliphatic heterocycles. The Kier molecular flexibility index (Phi) is 9.27. The minimum atomic E-state index is -3.73. The summed E-state index contributed by atoms with van der Waals surface area (Å²) in [6.07, 6.45) is 1.62. The quantitative estimate of drug-likeness (QED) is 0.518. The SMILES string of the molecule is CCNC(=O)[C@@H](C)N(CCc1ccccc1)C(=O)CN(c1ccc(Br)c(C)c1)S(C)(=O)=O. The van der Waals surface area contributed by atoms with Crippen molar-refractivity contribution < 1.29 is 18.0 Å². The number of rotatable bonds is 10. The van der Waals surface area contributed by atoms with Crippen molar-refractivity contribution in [3.05, 3.63) is 64.1 Å². The predicted octanol–water partition coefficient (Wildman–Crippen LogP) is 3.12. The van der Waals surface area contributed by atoms with Gasteiger partial charge < -0.3 is 10.2 Å². The third-order valence-corrected chi connectivity index (χ3v) is 7.14. The fourth-order valence-electron chi connectivity index (χ4n) is 3.29. The minimum absolute atomic E-state index is 0.278. The van der Waals surface area contributed by atoms with Crippen molar-refractivity contribution in [1.29, 1.82) is 0 Å². The first kappa shape index (κ1) is 25.9. The van der Waals surface area contributed by atoms with E-state index in [1.165, 1.54) is 4.90 Å². The number of amides is 2. The Morgan fingerprint density at radius 3 is 2.34 bits per heavy atom. The molecule has 174 valence electrons. The van der Waals surface area contributed by atoms with Crippen molar-refractivity contribution in [2.24, 2.45) is 0 Å². The maximum atomic E-state index is 13.3. The monoisotopic (exact) mass is 523 g/mol. The van der Waals surface area contributed by atoms with E-state index in [1.54, 1.807) is 25.1 Å². The molecular weight excluding hydrogens is 494 g/mol. The zero-order valence-corrected chi connectivity index (χ0v) is 21.2. The lowest BCUT2D eigenvalue weighted by molar-refractivity contribution is -0.138. The van der Waals surface area contributed by atoms with Gasteiger partial charge in [0.1, 0.15) is 12.6 Å². The zero-order chi connectivity index (χ0) is 23.9. The average molecular weight is 524 g/mol. The first-order valence-electron chi connectivity index (χ1n) is 10.4. The molecule has 2 aromatic rings. The van der Waals surface area contributed by atoms with E-state index >= 15 is 0 Å². The Bertz CT molecular complexity index is 1040. The Labute approximate surface area is 199 Å². The number of nitrogens with one attached hydrogen (secondary N) is 1. The van der Waals surface area contributed by atoms with Crippen LogP contribution in [0.4, 0.5) is 5.69 Å². The van der Waals surface area contributed by atoms with Gasteiger partial charge in [0.2, 0.25) is 21.8 Å². The van der Waals surface area contributed by atoms with Gasteiger partial charge in [0.15, 0.2) is 0 Å². The Morgan fingerprint density at radius 2 is 1.78 bits per heavy atom. The number of hydrogen-bond acceptors (Lipinski definition) is 4. The lowest BCUT2D eigenvalue weighted by Gasteiger charge is -2.31. The van der Waals surface area contributed by atoms with E-state index in [1.807, 2.05) is 44.2 Å². The van der Waals surface area contributed by atoms with Crippen LogP contribution in [0.1, 0.15) is 25.0 Å². The second kappa shape index (κ2) is 11.5. The number of sulfonamides is 1. The Balaban J connectivity index is 2.31. The number of likely N-dealkylation sites (N-methyl/N-ethyl adjacent to an activating group) is 1. The van der Waals surface area contributed by atoms with E-state index in [9.17, 15) is 18.0 Å². The van der Waals surface area contributed by atoms with Crippen LogP contribution in [-0.2, 0) is 26.0 Å². The normalized spacial score (nSPS) is 12.2. The molecule has 0 aliphatic rings. The molecule has 0 bridgehead atoms. The third kappa shape index (κ3) is 7.06. The summed E-state index contributed by atoms with van der Waals surface area (Å²) in [7, 11) is -3.73. The number of carbonyl (C=O) groups excluding carboxylic acids is 2. The molecule has 2 amide bonds. The highest BCUT2D eigenvalue weighted by Gasteiger charge is 2.29. The van der Waals surface area contributed by atoms with Gasteiger partial charge >= 0.3 is 0 Å². The molecule has 0 unspecified atom stereocenters. The number of halogens is 1. The van der Waals surface area contributed by atoms with Crippen LogP contribution >= 0.6 is 15.9 Å². The minimum Gasteiger partial charge on any atom is -0.355 e. The number of hydrogen-bond donors (Lipinski definition) is 1. The Morgan fingerprint density at radius 1 is 1.12 bits per heavy atom. The Hall–Kier alpha value is -2.39. The summed E-state index contributed by atoms with van der Waals surface area (Å²) in [6, 6.07) is 14.0. The van der Waals surface area contributed by atoms with E-state index in [-0.39, 0.29) is 12.5 Å². The highest BCUT2D eigenvalue weighted by molar-refractivity contribution is 9.10. The summed E-state index contributed by atoms with van der Waals surface area (Å²) in [5.41, 5.74) is 2.27. The van der Waals surface area contributed by atoms with Crippen molar-refractivity contribution in [1.82, 2.24) is 10.2 Å². The number of benzene rings is 2. The highest BCUT2D eigenvalue weighted by atomic mass is 79.9. The zero-order valence-electron chi connectivity index (χ0n) is 18.8. The molecule has 2 rings (SSSR count). The van der Waals surface area contributed by atoms with Crippen LogP contribution < -0.4 is 9.62 Å². The molecule has 0 saturated carbocycles. The van der Waals surface area contributed by atoms with Crippen molar-refractivity contribution >= 4 is 43.5 Å². The summed E-state index contributed by atoms with van der Waals surface area (Å²) in [4.78, 5) is 27.3. The van der Waals surface area contributed by atoms with Crippen LogP contribution in [0.5, 0.6) is 0 Å². The molecule has 2 aromatic carbocycles. The second-order valence-corrected chi connectivity index (χ2v) is 10.4. The molecule has 9 heteroatoms. The van der Waals surface area contributed by atoms with Crippen molar-refractivity contribution in [2.45, 2.75) is 33.2 Å². The molecule has 0 heterocycles. The van der Waals surface area contributed by atoms with Gasteiger partial charge in [-0.1, -0.05) is 46.3 Å². The summed E-state index contributed by atoms with van der Waals surface area (Å²) in [6.45, 7) is 5.65. The second-order valence-electron chi connectivity index (χ2n) is 7.60. The molecule has 0 fully saturated rings. The molecule has 7 nitrogen and oxygen atoms in total. The summed E-state index contributed by atoms with van der Waals surface area (Å²) in [5.74, 6) is -0.718. The molecule has 1 atom stereocenters. The van der Waals surface area contributed by atoms with E-state index < -0.39 is 28.5 Å². The molecule has 0 spiro atoms. The smallest absolute Gasteiger partial charge is 0.244 e. The van der Waals surface area contributed by atoms with Crippen LogP contribution in [-0.4, -0.2) is 57.1 Å². The average Bonchev–Trinajstić information content (AvgIpc) is 2.74. The van der Waals surface area contributed by atoms with Gasteiger partial charge in [0.25, 0.3) is 0 Å². The van der Waals surface area contributed by atoms with Gasteiger partial charge in [-0.2, -0.15) is 0 Å². The third-order valence-electron chi connectivity index (χ3n) is 5.11. The molecule has 0 saturated heterocycles. The van der Waals surface area contributed by atoms with E-state index in [4.69, 9.17) is 0 Å². The molecule has 32 heavy (non-hydrogen) atoms. The summed E-state index contributed by atoms with van der Waals surface area (Å²) < 4.78 is 27.0.